The molecule has 0 radical (unpaired) electrons. The van der Waals surface area contributed by atoms with Crippen LogP contribution in [-0.4, -0.2) is 63.2 Å². The highest BCUT2D eigenvalue weighted by Gasteiger charge is 2.40. The van der Waals surface area contributed by atoms with E-state index in [0.717, 1.165) is 0 Å². The van der Waals surface area contributed by atoms with E-state index < -0.39 is 46.0 Å². The summed E-state index contributed by atoms with van der Waals surface area (Å²) in [6, 6.07) is 10.2. The molecule has 1 aliphatic rings. The molecule has 208 valence electrons. The highest BCUT2D eigenvalue weighted by atomic mass is 16.6. The number of hydrogen-bond acceptors (Lipinski definition) is 10. The zero-order valence-corrected chi connectivity index (χ0v) is 20.6. The quantitative estimate of drug-likeness (QED) is 0.275. The summed E-state index contributed by atoms with van der Waals surface area (Å²) in [4.78, 5) is 58.5. The lowest BCUT2D eigenvalue weighted by atomic mass is 9.93. The molecule has 0 bridgehead atoms. The van der Waals surface area contributed by atoms with Gasteiger partial charge in [-0.1, -0.05) is 0 Å². The first-order chi connectivity index (χ1) is 18.5. The van der Waals surface area contributed by atoms with E-state index in [2.05, 4.69) is 5.32 Å². The number of nitro benzene ring substituents is 2. The fourth-order valence-corrected chi connectivity index (χ4v) is 4.17. The summed E-state index contributed by atoms with van der Waals surface area (Å²) in [6.45, 7) is -0.507. The van der Waals surface area contributed by atoms with Gasteiger partial charge in [0, 0.05) is 49.2 Å². The van der Waals surface area contributed by atoms with E-state index in [4.69, 9.17) is 15.2 Å². The molecule has 3 rings (SSSR count). The number of aliphatic hydroxyl groups excluding tert-OH is 1. The van der Waals surface area contributed by atoms with E-state index in [1.807, 2.05) is 0 Å². The van der Waals surface area contributed by atoms with Crippen molar-refractivity contribution in [2.75, 3.05) is 13.1 Å². The average molecular weight is 546 g/mol. The summed E-state index contributed by atoms with van der Waals surface area (Å²) in [7, 11) is 0. The van der Waals surface area contributed by atoms with Gasteiger partial charge in [-0.3, -0.25) is 25.0 Å². The van der Waals surface area contributed by atoms with Crippen molar-refractivity contribution in [1.29, 1.82) is 0 Å². The first-order valence-electron chi connectivity index (χ1n) is 11.8. The molecule has 1 saturated heterocycles. The Bertz CT molecular complexity index is 1200. The highest BCUT2D eigenvalue weighted by molar-refractivity contribution is 5.75. The van der Waals surface area contributed by atoms with E-state index in [1.165, 1.54) is 53.4 Å². The predicted octanol–water partition coefficient (Wildman–Crippen LogP) is 1.99. The van der Waals surface area contributed by atoms with E-state index in [1.54, 1.807) is 0 Å². The fourth-order valence-electron chi connectivity index (χ4n) is 4.17. The van der Waals surface area contributed by atoms with Gasteiger partial charge in [0.2, 0.25) is 5.91 Å². The maximum atomic E-state index is 12.8. The van der Waals surface area contributed by atoms with Crippen LogP contribution in [0.25, 0.3) is 0 Å². The van der Waals surface area contributed by atoms with Crippen LogP contribution in [0.15, 0.2) is 48.5 Å². The predicted molar refractivity (Wildman–Crippen MR) is 133 cm³/mol. The topological polar surface area (TPSA) is 217 Å². The van der Waals surface area contributed by atoms with Crippen LogP contribution in [0.4, 0.5) is 21.0 Å². The number of carbonyl (C=O) groups is 3. The molecule has 1 unspecified atom stereocenters. The molecule has 0 aromatic heterocycles. The monoisotopic (exact) mass is 545 g/mol. The van der Waals surface area contributed by atoms with Crippen LogP contribution >= 0.6 is 0 Å². The van der Waals surface area contributed by atoms with Gasteiger partial charge in [0.1, 0.15) is 13.2 Å². The fraction of sp³-hybridized carbons (Fsp3) is 0.375. The Morgan fingerprint density at radius 2 is 1.49 bits per heavy atom. The lowest BCUT2D eigenvalue weighted by molar-refractivity contribution is -0.385. The zero-order valence-electron chi connectivity index (χ0n) is 20.6. The van der Waals surface area contributed by atoms with E-state index >= 15 is 0 Å². The Morgan fingerprint density at radius 3 is 1.97 bits per heavy atom. The highest BCUT2D eigenvalue weighted by Crippen LogP contribution is 2.27. The van der Waals surface area contributed by atoms with Crippen molar-refractivity contribution >= 4 is 29.5 Å². The van der Waals surface area contributed by atoms with Crippen molar-refractivity contribution in [3.8, 4) is 0 Å². The summed E-state index contributed by atoms with van der Waals surface area (Å²) in [5.41, 5.74) is 6.20. The number of ether oxygens (including phenoxy) is 2. The van der Waals surface area contributed by atoms with Crippen LogP contribution in [0, 0.1) is 26.1 Å². The zero-order chi connectivity index (χ0) is 28.5. The van der Waals surface area contributed by atoms with Crippen molar-refractivity contribution in [3.63, 3.8) is 0 Å². The lowest BCUT2D eigenvalue weighted by Crippen LogP contribution is -2.45. The number of benzene rings is 2. The van der Waals surface area contributed by atoms with Gasteiger partial charge >= 0.3 is 12.2 Å². The van der Waals surface area contributed by atoms with Crippen LogP contribution in [0.1, 0.15) is 24.0 Å². The van der Waals surface area contributed by atoms with E-state index in [-0.39, 0.29) is 50.5 Å². The number of nitrogens with zero attached hydrogens (tertiary/aromatic N) is 3. The number of nitrogens with one attached hydrogen (secondary N) is 1. The molecule has 0 spiro atoms. The Kier molecular flexibility index (Phi) is 9.69. The number of nitrogens with two attached hydrogens (primary N) is 1. The first-order valence-corrected chi connectivity index (χ1v) is 11.8. The summed E-state index contributed by atoms with van der Waals surface area (Å²) in [6.07, 6.45) is -2.58. The molecule has 2 aromatic rings. The number of aliphatic hydroxyl groups is 1. The minimum absolute atomic E-state index is 0.0659. The van der Waals surface area contributed by atoms with Crippen LogP contribution in [0.5, 0.6) is 0 Å². The minimum atomic E-state index is -0.897. The minimum Gasteiger partial charge on any atom is -0.445 e. The van der Waals surface area contributed by atoms with Crippen molar-refractivity contribution in [2.24, 2.45) is 11.7 Å². The number of nitro groups is 2. The van der Waals surface area contributed by atoms with Crippen molar-refractivity contribution in [2.45, 2.75) is 38.2 Å². The standard InChI is InChI=1S/C24H27N5O10/c25-22(31)9-17(11-26-23(32)38-13-15-1-5-18(6-2-15)28(34)35)21-10-20(30)12-27(21)24(33)39-14-16-3-7-19(8-4-16)29(36)37/h1-8,17,20-21,30H,9-14H2,(H2,25,31)(H,26,32)/t17?,20-,21+/m1/s1. The molecule has 3 atom stereocenters. The van der Waals surface area contributed by atoms with Crippen LogP contribution in [0.3, 0.4) is 0 Å². The van der Waals surface area contributed by atoms with Crippen LogP contribution in [0.2, 0.25) is 0 Å². The number of amides is 3. The molecular weight excluding hydrogens is 518 g/mol. The maximum absolute atomic E-state index is 12.8. The molecule has 1 heterocycles. The van der Waals surface area contributed by atoms with Crippen molar-refractivity contribution in [3.05, 3.63) is 79.9 Å². The first kappa shape index (κ1) is 28.8. The van der Waals surface area contributed by atoms with Crippen LogP contribution < -0.4 is 11.1 Å². The summed E-state index contributed by atoms with van der Waals surface area (Å²) in [5.74, 6) is -1.35. The molecule has 15 heteroatoms. The second-order valence-electron chi connectivity index (χ2n) is 8.90. The second-order valence-corrected chi connectivity index (χ2v) is 8.90. The van der Waals surface area contributed by atoms with Gasteiger partial charge in [0.25, 0.3) is 11.4 Å². The van der Waals surface area contributed by atoms with Gasteiger partial charge in [-0.15, -0.1) is 0 Å². The number of carbonyl (C=O) groups excluding carboxylic acids is 3. The average Bonchev–Trinajstić information content (AvgIpc) is 3.30. The number of rotatable bonds is 11. The number of non-ortho nitro benzene ring substituents is 2. The number of primary amides is 1. The second kappa shape index (κ2) is 13.1. The summed E-state index contributed by atoms with van der Waals surface area (Å²) >= 11 is 0. The number of β-amino-alcohol motifs (C(OH)–C–C–N with tert-alkyl or cyclic N) is 1. The molecule has 1 fully saturated rings. The Balaban J connectivity index is 1.57. The van der Waals surface area contributed by atoms with Crippen LogP contribution in [-0.2, 0) is 27.5 Å². The third kappa shape index (κ3) is 8.36. The van der Waals surface area contributed by atoms with Gasteiger partial charge in [-0.2, -0.15) is 0 Å². The molecule has 15 nitrogen and oxygen atoms in total. The third-order valence-corrected chi connectivity index (χ3v) is 6.10. The largest absolute Gasteiger partial charge is 0.445 e. The van der Waals surface area contributed by atoms with Gasteiger partial charge < -0.3 is 30.5 Å². The molecular formula is C24H27N5O10. The lowest BCUT2D eigenvalue weighted by Gasteiger charge is -2.30. The molecule has 39 heavy (non-hydrogen) atoms. The molecule has 0 saturated carbocycles. The number of likely N-dealkylation sites (tertiary alicyclic amines) is 1. The molecule has 2 aromatic carbocycles. The normalized spacial score (nSPS) is 17.2. The van der Waals surface area contributed by atoms with Crippen molar-refractivity contribution < 1.29 is 38.8 Å². The van der Waals surface area contributed by atoms with Crippen molar-refractivity contribution in [1.82, 2.24) is 10.2 Å². The Labute approximate surface area is 221 Å². The molecule has 0 aliphatic carbocycles. The number of hydrogen-bond donors (Lipinski definition) is 3. The van der Waals surface area contributed by atoms with E-state index in [9.17, 15) is 39.7 Å². The maximum Gasteiger partial charge on any atom is 0.410 e. The summed E-state index contributed by atoms with van der Waals surface area (Å²) in [5, 5.41) is 34.3. The van der Waals surface area contributed by atoms with E-state index in [0.29, 0.717) is 11.1 Å². The van der Waals surface area contributed by atoms with Gasteiger partial charge in [0.15, 0.2) is 0 Å². The molecule has 1 aliphatic heterocycles. The Hall–Kier alpha value is -4.79. The molecule has 3 amide bonds. The third-order valence-electron chi connectivity index (χ3n) is 6.10. The number of alkyl carbamates (subject to hydrolysis) is 1. The SMILES string of the molecule is NC(=O)CC(CNC(=O)OCc1ccc([N+](=O)[O-])cc1)[C@@H]1C[C@@H](O)CN1C(=O)OCc1ccc([N+](=O)[O-])cc1. The molecule has 4 N–H and O–H groups in total. The van der Waals surface area contributed by atoms with Gasteiger partial charge in [0.05, 0.1) is 22.5 Å². The van der Waals surface area contributed by atoms with Gasteiger partial charge in [-0.25, -0.2) is 9.59 Å². The summed E-state index contributed by atoms with van der Waals surface area (Å²) < 4.78 is 10.4. The smallest absolute Gasteiger partial charge is 0.410 e. The Morgan fingerprint density at radius 1 is 0.974 bits per heavy atom. The van der Waals surface area contributed by atoms with Gasteiger partial charge in [-0.05, 0) is 41.8 Å².